The average Bonchev–Trinajstić information content (AvgIpc) is 3.15. The summed E-state index contributed by atoms with van der Waals surface area (Å²) in [6.45, 7) is 5.47. The van der Waals surface area contributed by atoms with Crippen LogP contribution in [-0.4, -0.2) is 54.8 Å². The molecule has 0 fully saturated rings. The fraction of sp³-hybridized carbons (Fsp3) is 0.400. The lowest BCUT2D eigenvalue weighted by Crippen LogP contribution is -2.43. The monoisotopic (exact) mass is 391 g/mol. The lowest BCUT2D eigenvalue weighted by molar-refractivity contribution is -0.132. The second kappa shape index (κ2) is 10.2. The number of nitrogens with zero attached hydrogens (tertiary/aromatic N) is 2. The van der Waals surface area contributed by atoms with E-state index in [2.05, 4.69) is 5.32 Å². The number of thiophene rings is 1. The maximum Gasteiger partial charge on any atom is 0.236 e. The first-order valence-electron chi connectivity index (χ1n) is 8.99. The van der Waals surface area contributed by atoms with Crippen molar-refractivity contribution in [2.24, 2.45) is 0 Å². The minimum atomic E-state index is -0.343. The molecule has 0 aliphatic heterocycles. The van der Waals surface area contributed by atoms with Crippen LogP contribution in [0.3, 0.4) is 0 Å². The van der Waals surface area contributed by atoms with Crippen molar-refractivity contribution < 1.29 is 14.0 Å². The Hall–Kier alpha value is -2.25. The molecule has 0 spiro atoms. The highest BCUT2D eigenvalue weighted by Crippen LogP contribution is 2.26. The number of carbonyl (C=O) groups is 2. The number of hydrogen-bond acceptors (Lipinski definition) is 4. The molecular formula is C20H26FN3O2S. The highest BCUT2D eigenvalue weighted by atomic mass is 32.1. The third-order valence-corrected chi connectivity index (χ3v) is 5.21. The Bertz CT molecular complexity index is 730. The van der Waals surface area contributed by atoms with E-state index in [1.165, 1.54) is 23.5 Å². The predicted molar refractivity (Wildman–Crippen MR) is 106 cm³/mol. The molecule has 5 nitrogen and oxygen atoms in total. The molecule has 2 amide bonds. The van der Waals surface area contributed by atoms with Crippen LogP contribution < -0.4 is 5.32 Å². The molecule has 27 heavy (non-hydrogen) atoms. The van der Waals surface area contributed by atoms with Gasteiger partial charge in [0.25, 0.3) is 0 Å². The summed E-state index contributed by atoms with van der Waals surface area (Å²) < 4.78 is 13.2. The van der Waals surface area contributed by atoms with Gasteiger partial charge in [-0.05, 0) is 50.0 Å². The molecule has 1 aromatic carbocycles. The zero-order valence-electron chi connectivity index (χ0n) is 15.9. The van der Waals surface area contributed by atoms with Crippen LogP contribution >= 0.6 is 11.3 Å². The number of halogens is 1. The van der Waals surface area contributed by atoms with Crippen LogP contribution in [0.25, 0.3) is 0 Å². The first-order valence-corrected chi connectivity index (χ1v) is 9.87. The molecular weight excluding hydrogens is 365 g/mol. The van der Waals surface area contributed by atoms with Crippen molar-refractivity contribution in [2.45, 2.75) is 19.9 Å². The first-order chi connectivity index (χ1) is 12.9. The van der Waals surface area contributed by atoms with Gasteiger partial charge in [0.15, 0.2) is 0 Å². The normalized spacial score (nSPS) is 12.0. The van der Waals surface area contributed by atoms with Crippen molar-refractivity contribution in [1.29, 1.82) is 0 Å². The van der Waals surface area contributed by atoms with Crippen molar-refractivity contribution in [2.75, 3.05) is 33.2 Å². The van der Waals surface area contributed by atoms with Crippen molar-refractivity contribution in [1.82, 2.24) is 15.1 Å². The second-order valence-electron chi connectivity index (χ2n) is 6.31. The maximum absolute atomic E-state index is 13.2. The van der Waals surface area contributed by atoms with Crippen LogP contribution in [0.1, 0.15) is 30.3 Å². The molecule has 1 aromatic heterocycles. The highest BCUT2D eigenvalue weighted by molar-refractivity contribution is 7.10. The van der Waals surface area contributed by atoms with E-state index in [1.54, 1.807) is 29.0 Å². The van der Waals surface area contributed by atoms with Crippen LogP contribution in [0.4, 0.5) is 4.39 Å². The summed E-state index contributed by atoms with van der Waals surface area (Å²) >= 11 is 1.53. The fourth-order valence-electron chi connectivity index (χ4n) is 2.84. The lowest BCUT2D eigenvalue weighted by atomic mass is 10.1. The van der Waals surface area contributed by atoms with Gasteiger partial charge in [-0.1, -0.05) is 18.2 Å². The predicted octanol–water partition coefficient (Wildman–Crippen LogP) is 2.89. The van der Waals surface area contributed by atoms with E-state index < -0.39 is 0 Å². The molecule has 0 aliphatic carbocycles. The van der Waals surface area contributed by atoms with Crippen molar-refractivity contribution in [3.63, 3.8) is 0 Å². The maximum atomic E-state index is 13.2. The van der Waals surface area contributed by atoms with Crippen molar-refractivity contribution in [3.05, 3.63) is 58.0 Å². The molecule has 146 valence electrons. The van der Waals surface area contributed by atoms with Gasteiger partial charge in [-0.25, -0.2) is 4.39 Å². The summed E-state index contributed by atoms with van der Waals surface area (Å²) in [4.78, 5) is 29.1. The molecule has 1 heterocycles. The van der Waals surface area contributed by atoms with E-state index in [9.17, 15) is 14.0 Å². The number of carbonyl (C=O) groups excluding carboxylic acids is 2. The number of rotatable bonds is 9. The Kier molecular flexibility index (Phi) is 7.94. The zero-order valence-corrected chi connectivity index (χ0v) is 16.8. The number of likely N-dealkylation sites (N-methyl/N-ethyl adjacent to an activating group) is 2. The minimum Gasteiger partial charge on any atom is -0.343 e. The number of amides is 2. The quantitative estimate of drug-likeness (QED) is 0.715. The minimum absolute atomic E-state index is 0.00337. The topological polar surface area (TPSA) is 52.7 Å². The van der Waals surface area contributed by atoms with E-state index in [-0.39, 0.29) is 36.8 Å². The van der Waals surface area contributed by atoms with Gasteiger partial charge < -0.3 is 10.2 Å². The molecule has 0 saturated heterocycles. The Morgan fingerprint density at radius 2 is 1.78 bits per heavy atom. The first kappa shape index (κ1) is 21.1. The molecule has 0 aliphatic rings. The SMILES string of the molecule is CCN(CC)C(=O)CN(C)CC(=O)NC(c1ccc(F)cc1)c1cccs1. The largest absolute Gasteiger partial charge is 0.343 e. The number of nitrogens with one attached hydrogen (secondary N) is 1. The van der Waals surface area contributed by atoms with Gasteiger partial charge in [-0.15, -0.1) is 11.3 Å². The standard InChI is InChI=1S/C20H26FN3O2S/c1-4-24(5-2)19(26)14-23(3)13-18(25)22-20(17-7-6-12-27-17)15-8-10-16(21)11-9-15/h6-12,20H,4-5,13-14H2,1-3H3,(H,22,25). The van der Waals surface area contributed by atoms with Gasteiger partial charge in [0, 0.05) is 18.0 Å². The van der Waals surface area contributed by atoms with E-state index >= 15 is 0 Å². The molecule has 2 rings (SSSR count). The van der Waals surface area contributed by atoms with Gasteiger partial charge in [-0.3, -0.25) is 14.5 Å². The molecule has 1 atom stereocenters. The summed E-state index contributed by atoms with van der Waals surface area (Å²) in [5.74, 6) is -0.499. The summed E-state index contributed by atoms with van der Waals surface area (Å²) in [5.41, 5.74) is 0.814. The van der Waals surface area contributed by atoms with E-state index in [0.29, 0.717) is 13.1 Å². The summed E-state index contributed by atoms with van der Waals surface area (Å²) in [6, 6.07) is 9.63. The Labute approximate surface area is 163 Å². The van der Waals surface area contributed by atoms with Crippen LogP contribution in [0.2, 0.25) is 0 Å². The Morgan fingerprint density at radius 1 is 1.11 bits per heavy atom. The highest BCUT2D eigenvalue weighted by Gasteiger charge is 2.20. The smallest absolute Gasteiger partial charge is 0.236 e. The van der Waals surface area contributed by atoms with Crippen LogP contribution in [0.15, 0.2) is 41.8 Å². The number of benzene rings is 1. The van der Waals surface area contributed by atoms with Gasteiger partial charge in [0.05, 0.1) is 19.1 Å². The van der Waals surface area contributed by atoms with E-state index in [0.717, 1.165) is 10.4 Å². The molecule has 1 unspecified atom stereocenters. The number of hydrogen-bond donors (Lipinski definition) is 1. The van der Waals surface area contributed by atoms with Gasteiger partial charge >= 0.3 is 0 Å². The van der Waals surface area contributed by atoms with Crippen molar-refractivity contribution >= 4 is 23.2 Å². The van der Waals surface area contributed by atoms with E-state index in [1.807, 2.05) is 31.4 Å². The van der Waals surface area contributed by atoms with Crippen LogP contribution in [0, 0.1) is 5.82 Å². The molecule has 2 aromatic rings. The van der Waals surface area contributed by atoms with Crippen molar-refractivity contribution in [3.8, 4) is 0 Å². The summed E-state index contributed by atoms with van der Waals surface area (Å²) in [6.07, 6.45) is 0. The molecule has 0 saturated carbocycles. The second-order valence-corrected chi connectivity index (χ2v) is 7.29. The van der Waals surface area contributed by atoms with Gasteiger partial charge in [0.1, 0.15) is 5.82 Å². The molecule has 0 radical (unpaired) electrons. The summed E-state index contributed by atoms with van der Waals surface area (Å²) in [7, 11) is 1.75. The third-order valence-electron chi connectivity index (χ3n) is 4.27. The van der Waals surface area contributed by atoms with Gasteiger partial charge in [-0.2, -0.15) is 0 Å². The Morgan fingerprint density at radius 3 is 2.33 bits per heavy atom. The van der Waals surface area contributed by atoms with Gasteiger partial charge in [0.2, 0.25) is 11.8 Å². The fourth-order valence-corrected chi connectivity index (χ4v) is 3.65. The average molecular weight is 392 g/mol. The molecule has 0 bridgehead atoms. The van der Waals surface area contributed by atoms with Crippen LogP contribution in [-0.2, 0) is 9.59 Å². The van der Waals surface area contributed by atoms with E-state index in [4.69, 9.17) is 0 Å². The lowest BCUT2D eigenvalue weighted by Gasteiger charge is -2.24. The van der Waals surface area contributed by atoms with Crippen LogP contribution in [0.5, 0.6) is 0 Å². The third kappa shape index (κ3) is 6.15. The molecule has 1 N–H and O–H groups in total. The zero-order chi connectivity index (χ0) is 19.8. The Balaban J connectivity index is 2.01. The summed E-state index contributed by atoms with van der Waals surface area (Å²) in [5, 5.41) is 4.94. The molecule has 7 heteroatoms.